The molecule has 0 aliphatic carbocycles. The van der Waals surface area contributed by atoms with Crippen molar-refractivity contribution in [3.05, 3.63) is 30.6 Å². The molecule has 0 spiro atoms. The second kappa shape index (κ2) is 6.76. The zero-order valence-electron chi connectivity index (χ0n) is 12.5. The summed E-state index contributed by atoms with van der Waals surface area (Å²) in [6, 6.07) is 6.11. The highest BCUT2D eigenvalue weighted by Crippen LogP contribution is 2.27. The molecule has 4 heteroatoms. The van der Waals surface area contributed by atoms with Gasteiger partial charge in [0.15, 0.2) is 0 Å². The van der Waals surface area contributed by atoms with Crippen molar-refractivity contribution in [2.75, 3.05) is 37.2 Å². The number of rotatable bonds is 4. The summed E-state index contributed by atoms with van der Waals surface area (Å²) in [6.45, 7) is 4.51. The van der Waals surface area contributed by atoms with Crippen LogP contribution >= 0.6 is 0 Å². The van der Waals surface area contributed by atoms with Crippen LogP contribution in [0.5, 0.6) is 0 Å². The van der Waals surface area contributed by atoms with Gasteiger partial charge in [-0.2, -0.15) is 0 Å². The topological polar surface area (TPSA) is 54.2 Å². The molecular weight excluding hydrogens is 260 g/mol. The normalized spacial score (nSPS) is 16.8. The molecule has 0 saturated carbocycles. The summed E-state index contributed by atoms with van der Waals surface area (Å²) in [7, 11) is 0. The average Bonchev–Trinajstić information content (AvgIpc) is 2.79. The van der Waals surface area contributed by atoms with Crippen LogP contribution < -0.4 is 11.1 Å². The molecule has 3 N–H and O–H groups in total. The minimum absolute atomic E-state index is 0.825. The summed E-state index contributed by atoms with van der Waals surface area (Å²) in [5, 5.41) is 5.65. The van der Waals surface area contributed by atoms with E-state index in [0.29, 0.717) is 0 Å². The Hall–Kier alpha value is -1.81. The Labute approximate surface area is 126 Å². The van der Waals surface area contributed by atoms with Crippen molar-refractivity contribution in [2.45, 2.75) is 25.7 Å². The maximum atomic E-state index is 6.26. The zero-order valence-corrected chi connectivity index (χ0v) is 12.5. The van der Waals surface area contributed by atoms with Crippen molar-refractivity contribution in [2.24, 2.45) is 0 Å². The summed E-state index contributed by atoms with van der Waals surface area (Å²) in [4.78, 5) is 6.69. The van der Waals surface area contributed by atoms with Gasteiger partial charge in [-0.15, -0.1) is 0 Å². The molecule has 112 valence electrons. The summed E-state index contributed by atoms with van der Waals surface area (Å²) in [5.41, 5.74) is 8.12. The number of aromatic nitrogens is 1. The van der Waals surface area contributed by atoms with E-state index < -0.39 is 0 Å². The smallest absolute Gasteiger partial charge is 0.0630 e. The highest BCUT2D eigenvalue weighted by atomic mass is 15.1. The number of benzene rings is 1. The molecule has 0 amide bonds. The number of nitrogen functional groups attached to an aromatic ring is 1. The minimum atomic E-state index is 0.825. The molecule has 21 heavy (non-hydrogen) atoms. The highest BCUT2D eigenvalue weighted by Gasteiger charge is 2.09. The van der Waals surface area contributed by atoms with Crippen LogP contribution in [0.15, 0.2) is 30.6 Å². The van der Waals surface area contributed by atoms with E-state index in [-0.39, 0.29) is 0 Å². The molecule has 2 heterocycles. The Balaban J connectivity index is 1.61. The predicted molar refractivity (Wildman–Crippen MR) is 89.6 cm³/mol. The Morgan fingerprint density at radius 3 is 2.71 bits per heavy atom. The van der Waals surface area contributed by atoms with Gasteiger partial charge in [0.05, 0.1) is 11.4 Å². The number of fused-ring (bicyclic) bond motifs is 1. The fraction of sp³-hybridized carbons (Fsp3) is 0.471. The van der Waals surface area contributed by atoms with E-state index >= 15 is 0 Å². The van der Waals surface area contributed by atoms with E-state index in [9.17, 15) is 0 Å². The van der Waals surface area contributed by atoms with Crippen LogP contribution in [0.2, 0.25) is 0 Å². The van der Waals surface area contributed by atoms with Gasteiger partial charge in [0.1, 0.15) is 0 Å². The van der Waals surface area contributed by atoms with Crippen molar-refractivity contribution in [1.29, 1.82) is 0 Å². The molecule has 0 atom stereocenters. The number of nitrogens with zero attached hydrogens (tertiary/aromatic N) is 2. The van der Waals surface area contributed by atoms with Gasteiger partial charge in [-0.3, -0.25) is 4.98 Å². The molecule has 1 aliphatic heterocycles. The molecule has 0 radical (unpaired) electrons. The second-order valence-corrected chi connectivity index (χ2v) is 5.81. The molecule has 1 aromatic heterocycles. The van der Waals surface area contributed by atoms with Crippen LogP contribution in [0, 0.1) is 0 Å². The number of pyridine rings is 1. The molecular formula is C17H24N4. The Morgan fingerprint density at radius 1 is 1.10 bits per heavy atom. The number of likely N-dealkylation sites (tertiary alicyclic amines) is 1. The van der Waals surface area contributed by atoms with Gasteiger partial charge in [-0.25, -0.2) is 0 Å². The fourth-order valence-electron chi connectivity index (χ4n) is 3.06. The molecule has 1 aromatic carbocycles. The predicted octanol–water partition coefficient (Wildman–Crippen LogP) is 3.10. The first-order valence-corrected chi connectivity index (χ1v) is 7.93. The maximum absolute atomic E-state index is 6.26. The highest BCUT2D eigenvalue weighted by molar-refractivity contribution is 5.98. The lowest BCUT2D eigenvalue weighted by molar-refractivity contribution is 0.296. The molecule has 3 rings (SSSR count). The average molecular weight is 284 g/mol. The van der Waals surface area contributed by atoms with Crippen LogP contribution in [-0.4, -0.2) is 36.1 Å². The molecule has 4 nitrogen and oxygen atoms in total. The monoisotopic (exact) mass is 284 g/mol. The standard InChI is InChI=1S/C17H24N4/c18-17-15-7-8-19-13-14(15)5-6-16(17)20-9-12-21-10-3-1-2-4-11-21/h5-8,13,20H,1-4,9-12,18H2. The van der Waals surface area contributed by atoms with Crippen molar-refractivity contribution < 1.29 is 0 Å². The van der Waals surface area contributed by atoms with Gasteiger partial charge < -0.3 is 16.0 Å². The van der Waals surface area contributed by atoms with Gasteiger partial charge in [-0.1, -0.05) is 18.9 Å². The lowest BCUT2D eigenvalue weighted by Crippen LogP contribution is -2.30. The summed E-state index contributed by atoms with van der Waals surface area (Å²) < 4.78 is 0. The van der Waals surface area contributed by atoms with E-state index in [4.69, 9.17) is 5.73 Å². The lowest BCUT2D eigenvalue weighted by Gasteiger charge is -2.20. The van der Waals surface area contributed by atoms with Crippen molar-refractivity contribution >= 4 is 22.1 Å². The first-order valence-electron chi connectivity index (χ1n) is 7.93. The van der Waals surface area contributed by atoms with E-state index in [1.165, 1.54) is 38.8 Å². The number of anilines is 2. The van der Waals surface area contributed by atoms with E-state index in [1.54, 1.807) is 6.20 Å². The van der Waals surface area contributed by atoms with Crippen molar-refractivity contribution in [3.63, 3.8) is 0 Å². The van der Waals surface area contributed by atoms with E-state index in [0.717, 1.165) is 35.2 Å². The summed E-state index contributed by atoms with van der Waals surface area (Å²) in [6.07, 6.45) is 9.09. The van der Waals surface area contributed by atoms with Crippen LogP contribution in [-0.2, 0) is 0 Å². The third-order valence-electron chi connectivity index (χ3n) is 4.30. The molecule has 1 saturated heterocycles. The number of nitrogens with one attached hydrogen (secondary N) is 1. The number of nitrogens with two attached hydrogens (primary N) is 1. The van der Waals surface area contributed by atoms with Gasteiger partial charge in [0, 0.05) is 36.3 Å². The third kappa shape index (κ3) is 3.45. The summed E-state index contributed by atoms with van der Waals surface area (Å²) >= 11 is 0. The Bertz CT molecular complexity index is 588. The first kappa shape index (κ1) is 14.1. The van der Waals surface area contributed by atoms with Gasteiger partial charge in [-0.05, 0) is 38.1 Å². The quantitative estimate of drug-likeness (QED) is 0.847. The van der Waals surface area contributed by atoms with Crippen molar-refractivity contribution in [3.8, 4) is 0 Å². The van der Waals surface area contributed by atoms with Crippen molar-refractivity contribution in [1.82, 2.24) is 9.88 Å². The maximum Gasteiger partial charge on any atom is 0.0630 e. The van der Waals surface area contributed by atoms with Gasteiger partial charge in [0.25, 0.3) is 0 Å². The van der Waals surface area contributed by atoms with Crippen LogP contribution in [0.3, 0.4) is 0 Å². The molecule has 0 unspecified atom stereocenters. The number of hydrogen-bond donors (Lipinski definition) is 2. The zero-order chi connectivity index (χ0) is 14.5. The van der Waals surface area contributed by atoms with E-state index in [1.807, 2.05) is 12.3 Å². The number of hydrogen-bond acceptors (Lipinski definition) is 4. The van der Waals surface area contributed by atoms with Crippen LogP contribution in [0.25, 0.3) is 10.8 Å². The van der Waals surface area contributed by atoms with Gasteiger partial charge >= 0.3 is 0 Å². The Kier molecular flexibility index (Phi) is 4.55. The molecule has 0 bridgehead atoms. The first-order chi connectivity index (χ1) is 10.3. The minimum Gasteiger partial charge on any atom is -0.397 e. The van der Waals surface area contributed by atoms with Gasteiger partial charge in [0.2, 0.25) is 0 Å². The lowest BCUT2D eigenvalue weighted by atomic mass is 10.1. The summed E-state index contributed by atoms with van der Waals surface area (Å²) in [5.74, 6) is 0. The molecule has 1 aliphatic rings. The Morgan fingerprint density at radius 2 is 1.90 bits per heavy atom. The third-order valence-corrected chi connectivity index (χ3v) is 4.30. The molecule has 1 fully saturated rings. The van der Waals surface area contributed by atoms with Crippen LogP contribution in [0.4, 0.5) is 11.4 Å². The SMILES string of the molecule is Nc1c(NCCN2CCCCCC2)ccc2cnccc12. The fourth-order valence-corrected chi connectivity index (χ4v) is 3.06. The van der Waals surface area contributed by atoms with Crippen LogP contribution in [0.1, 0.15) is 25.7 Å². The largest absolute Gasteiger partial charge is 0.397 e. The van der Waals surface area contributed by atoms with E-state index in [2.05, 4.69) is 27.3 Å². The second-order valence-electron chi connectivity index (χ2n) is 5.81. The molecule has 2 aromatic rings.